The van der Waals surface area contributed by atoms with Crippen molar-refractivity contribution < 1.29 is 0 Å². The smallest absolute Gasteiger partial charge is 0.126 e. The number of hydrogen-bond donors (Lipinski definition) is 0. The van der Waals surface area contributed by atoms with Crippen LogP contribution in [0, 0.1) is 0 Å². The van der Waals surface area contributed by atoms with Gasteiger partial charge >= 0.3 is 0 Å². The lowest BCUT2D eigenvalue weighted by Crippen LogP contribution is -2.11. The highest BCUT2D eigenvalue weighted by molar-refractivity contribution is 7.26. The van der Waals surface area contributed by atoms with E-state index < -0.39 is 0 Å². The lowest BCUT2D eigenvalue weighted by Gasteiger charge is -2.28. The molecule has 0 N–H and O–H groups in total. The zero-order valence-corrected chi connectivity index (χ0v) is 25.8. The van der Waals surface area contributed by atoms with Crippen molar-refractivity contribution in [2.75, 3.05) is 4.90 Å². The average Bonchev–Trinajstić information content (AvgIpc) is 3.53. The second kappa shape index (κ2) is 11.0. The van der Waals surface area contributed by atoms with Crippen LogP contribution in [0.15, 0.2) is 170 Å². The predicted octanol–water partition coefficient (Wildman–Crippen LogP) is 12.6. The van der Waals surface area contributed by atoms with Gasteiger partial charge in [-0.2, -0.15) is 0 Å². The molecule has 0 spiro atoms. The molecular weight excluding hydrogens is 577 g/mol. The van der Waals surface area contributed by atoms with E-state index in [2.05, 4.69) is 169 Å². The van der Waals surface area contributed by atoms with Crippen LogP contribution in [-0.4, -0.2) is 4.98 Å². The van der Waals surface area contributed by atoms with Crippen molar-refractivity contribution in [3.8, 4) is 22.3 Å². The molecule has 0 saturated heterocycles. The largest absolute Gasteiger partial charge is 0.309 e. The molecule has 0 aliphatic heterocycles. The fraction of sp³-hybridized carbons (Fsp3) is 0. The number of aromatic nitrogens is 1. The first kappa shape index (κ1) is 26.6. The summed E-state index contributed by atoms with van der Waals surface area (Å²) in [7, 11) is 0. The van der Waals surface area contributed by atoms with Gasteiger partial charge in [0.1, 0.15) is 4.83 Å². The maximum Gasteiger partial charge on any atom is 0.126 e. The molecule has 2 heterocycles. The molecule has 7 aromatic carbocycles. The number of nitrogens with zero attached hydrogens (tertiary/aromatic N) is 2. The van der Waals surface area contributed by atoms with Crippen molar-refractivity contribution in [2.24, 2.45) is 0 Å². The van der Waals surface area contributed by atoms with Crippen LogP contribution in [0.2, 0.25) is 0 Å². The highest BCUT2D eigenvalue weighted by atomic mass is 32.1. The molecule has 2 nitrogen and oxygen atoms in total. The quantitative estimate of drug-likeness (QED) is 0.194. The van der Waals surface area contributed by atoms with Crippen LogP contribution in [0.3, 0.4) is 0 Å². The van der Waals surface area contributed by atoms with E-state index in [1.54, 1.807) is 11.3 Å². The second-order valence-electron chi connectivity index (χ2n) is 11.6. The Morgan fingerprint density at radius 3 is 1.87 bits per heavy atom. The maximum absolute atomic E-state index is 4.92. The molecule has 0 aliphatic carbocycles. The van der Waals surface area contributed by atoms with E-state index >= 15 is 0 Å². The Balaban J connectivity index is 1.32. The Hall–Kier alpha value is -5.77. The second-order valence-corrected chi connectivity index (χ2v) is 12.6. The van der Waals surface area contributed by atoms with Gasteiger partial charge < -0.3 is 4.90 Å². The van der Waals surface area contributed by atoms with Gasteiger partial charge in [-0.05, 0) is 62.7 Å². The Kier molecular flexibility index (Phi) is 6.36. The van der Waals surface area contributed by atoms with Crippen LogP contribution in [0.25, 0.3) is 64.1 Å². The third-order valence-corrected chi connectivity index (χ3v) is 10.1. The summed E-state index contributed by atoms with van der Waals surface area (Å²) in [6, 6.07) is 58.9. The van der Waals surface area contributed by atoms with Crippen molar-refractivity contribution in [3.63, 3.8) is 0 Å². The fourth-order valence-electron chi connectivity index (χ4n) is 6.79. The number of thiophene rings is 1. The van der Waals surface area contributed by atoms with Gasteiger partial charge in [0.2, 0.25) is 0 Å². The van der Waals surface area contributed by atoms with E-state index in [1.807, 2.05) is 6.20 Å². The molecule has 46 heavy (non-hydrogen) atoms. The fourth-order valence-corrected chi connectivity index (χ4v) is 7.98. The number of hydrogen-bond acceptors (Lipinski definition) is 3. The molecule has 0 amide bonds. The maximum atomic E-state index is 4.92. The van der Waals surface area contributed by atoms with Gasteiger partial charge in [-0.1, -0.05) is 140 Å². The molecule has 0 atom stereocenters. The first-order valence-electron chi connectivity index (χ1n) is 15.6. The van der Waals surface area contributed by atoms with E-state index in [0.717, 1.165) is 21.9 Å². The standard InChI is InChI=1S/C43H28N2S/c1-3-11-29(12-4-1)30-19-22-33(23-20-30)45(39-26-25-34(31-13-5-2-6-14-31)36-17-9-10-18-37(36)39)40-27-28-44-43-41(40)38-24-21-32-15-7-8-16-35(32)42(38)46-43/h1-28H. The van der Waals surface area contributed by atoms with Crippen LogP contribution in [0.1, 0.15) is 0 Å². The van der Waals surface area contributed by atoms with Crippen LogP contribution in [0.5, 0.6) is 0 Å². The van der Waals surface area contributed by atoms with Gasteiger partial charge in [0.05, 0.1) is 11.4 Å². The number of rotatable bonds is 5. The zero-order chi connectivity index (χ0) is 30.5. The number of fused-ring (bicyclic) bond motifs is 6. The highest BCUT2D eigenvalue weighted by Gasteiger charge is 2.22. The molecule has 0 fully saturated rings. The van der Waals surface area contributed by atoms with Gasteiger partial charge in [0.15, 0.2) is 0 Å². The minimum Gasteiger partial charge on any atom is -0.309 e. The number of pyridine rings is 1. The Labute approximate surface area is 271 Å². The predicted molar refractivity (Wildman–Crippen MR) is 198 cm³/mol. The molecule has 0 bridgehead atoms. The molecule has 9 aromatic rings. The van der Waals surface area contributed by atoms with E-state index in [9.17, 15) is 0 Å². The topological polar surface area (TPSA) is 16.1 Å². The van der Waals surface area contributed by atoms with E-state index in [1.165, 1.54) is 59.3 Å². The Bertz CT molecular complexity index is 2520. The molecule has 9 rings (SSSR count). The summed E-state index contributed by atoms with van der Waals surface area (Å²) in [6.07, 6.45) is 1.96. The van der Waals surface area contributed by atoms with Crippen molar-refractivity contribution in [2.45, 2.75) is 0 Å². The third-order valence-electron chi connectivity index (χ3n) is 8.94. The van der Waals surface area contributed by atoms with Crippen LogP contribution in [0.4, 0.5) is 17.1 Å². The summed E-state index contributed by atoms with van der Waals surface area (Å²) in [4.78, 5) is 8.39. The van der Waals surface area contributed by atoms with Gasteiger partial charge in [0.25, 0.3) is 0 Å². The molecule has 0 unspecified atom stereocenters. The normalized spacial score (nSPS) is 11.5. The van der Waals surface area contributed by atoms with Crippen molar-refractivity contribution in [1.29, 1.82) is 0 Å². The van der Waals surface area contributed by atoms with Crippen molar-refractivity contribution >= 4 is 70.2 Å². The summed E-state index contributed by atoms with van der Waals surface area (Å²) >= 11 is 1.78. The highest BCUT2D eigenvalue weighted by Crippen LogP contribution is 2.48. The summed E-state index contributed by atoms with van der Waals surface area (Å²) in [5.41, 5.74) is 8.20. The van der Waals surface area contributed by atoms with Crippen LogP contribution in [-0.2, 0) is 0 Å². The van der Waals surface area contributed by atoms with Gasteiger partial charge in [-0.25, -0.2) is 4.98 Å². The first-order valence-corrected chi connectivity index (χ1v) is 16.4. The van der Waals surface area contributed by atoms with E-state index in [4.69, 9.17) is 4.98 Å². The SMILES string of the molecule is c1ccc(-c2ccc(N(c3ccc(-c4ccccc4)c4ccccc34)c3ccnc4sc5c6ccccc6ccc5c34)cc2)cc1. The number of anilines is 3. The third kappa shape index (κ3) is 4.36. The number of benzene rings is 7. The molecule has 0 saturated carbocycles. The lowest BCUT2D eigenvalue weighted by atomic mass is 9.96. The molecule has 0 aliphatic rings. The molecule has 2 aromatic heterocycles. The molecule has 216 valence electrons. The van der Waals surface area contributed by atoms with Crippen LogP contribution < -0.4 is 4.90 Å². The molecule has 0 radical (unpaired) electrons. The minimum atomic E-state index is 1.04. The van der Waals surface area contributed by atoms with Crippen molar-refractivity contribution in [3.05, 3.63) is 170 Å². The summed E-state index contributed by atoms with van der Waals surface area (Å²) in [5.74, 6) is 0. The Morgan fingerprint density at radius 2 is 1.09 bits per heavy atom. The van der Waals surface area contributed by atoms with Gasteiger partial charge in [-0.3, -0.25) is 0 Å². The lowest BCUT2D eigenvalue weighted by molar-refractivity contribution is 1.30. The Morgan fingerprint density at radius 1 is 0.435 bits per heavy atom. The van der Waals surface area contributed by atoms with Gasteiger partial charge in [0, 0.05) is 32.7 Å². The zero-order valence-electron chi connectivity index (χ0n) is 25.0. The van der Waals surface area contributed by atoms with E-state index in [-0.39, 0.29) is 0 Å². The monoisotopic (exact) mass is 604 g/mol. The molecule has 3 heteroatoms. The van der Waals surface area contributed by atoms with E-state index in [0.29, 0.717) is 0 Å². The summed E-state index contributed by atoms with van der Waals surface area (Å²) in [6.45, 7) is 0. The van der Waals surface area contributed by atoms with Gasteiger partial charge in [-0.15, -0.1) is 11.3 Å². The average molecular weight is 605 g/mol. The summed E-state index contributed by atoms with van der Waals surface area (Å²) < 4.78 is 1.27. The first-order chi connectivity index (χ1) is 22.8. The minimum absolute atomic E-state index is 1.04. The van der Waals surface area contributed by atoms with Crippen molar-refractivity contribution in [1.82, 2.24) is 4.98 Å². The summed E-state index contributed by atoms with van der Waals surface area (Å²) in [5, 5.41) is 7.35. The molecular formula is C43H28N2S. The van der Waals surface area contributed by atoms with Crippen LogP contribution >= 0.6 is 11.3 Å².